The van der Waals surface area contributed by atoms with E-state index in [1.807, 2.05) is 17.8 Å². The number of amides is 1. The number of thioether (sulfide) groups is 1. The second kappa shape index (κ2) is 9.40. The normalized spacial score (nSPS) is 18.0. The summed E-state index contributed by atoms with van der Waals surface area (Å²) in [7, 11) is 0. The largest absolute Gasteiger partial charge is 0.362 e. The van der Waals surface area contributed by atoms with Gasteiger partial charge in [-0.15, -0.1) is 11.8 Å². The Labute approximate surface area is 159 Å². The van der Waals surface area contributed by atoms with E-state index in [1.165, 1.54) is 9.80 Å². The van der Waals surface area contributed by atoms with Crippen molar-refractivity contribution < 1.29 is 9.69 Å². The third-order valence-electron chi connectivity index (χ3n) is 4.50. The van der Waals surface area contributed by atoms with Crippen LogP contribution in [0, 0.1) is 0 Å². The van der Waals surface area contributed by atoms with E-state index in [9.17, 15) is 4.79 Å². The van der Waals surface area contributed by atoms with E-state index < -0.39 is 0 Å². The first-order valence-corrected chi connectivity index (χ1v) is 10.4. The summed E-state index contributed by atoms with van der Waals surface area (Å²) in [6.45, 7) is 5.25. The van der Waals surface area contributed by atoms with Crippen LogP contribution in [0.4, 0.5) is 0 Å². The van der Waals surface area contributed by atoms with Crippen LogP contribution >= 0.6 is 24.0 Å². The van der Waals surface area contributed by atoms with Crippen molar-refractivity contribution in [1.29, 1.82) is 0 Å². The van der Waals surface area contributed by atoms with E-state index in [4.69, 9.17) is 12.2 Å². The van der Waals surface area contributed by atoms with E-state index in [1.54, 1.807) is 0 Å². The lowest BCUT2D eigenvalue weighted by Gasteiger charge is -2.33. The molecule has 5 nitrogen and oxygen atoms in total. The molecule has 1 aliphatic carbocycles. The molecule has 1 aliphatic heterocycles. The first-order valence-electron chi connectivity index (χ1n) is 9.04. The molecule has 2 aliphatic rings. The van der Waals surface area contributed by atoms with Gasteiger partial charge in [0.25, 0.3) is 5.91 Å². The smallest absolute Gasteiger partial charge is 0.275 e. The van der Waals surface area contributed by atoms with Crippen LogP contribution in [0.15, 0.2) is 35.2 Å². The minimum Gasteiger partial charge on any atom is -0.362 e. The molecule has 1 amide bonds. The van der Waals surface area contributed by atoms with Crippen molar-refractivity contribution in [1.82, 2.24) is 15.5 Å². The van der Waals surface area contributed by atoms with Crippen molar-refractivity contribution in [2.75, 3.05) is 45.0 Å². The highest BCUT2D eigenvalue weighted by Crippen LogP contribution is 2.18. The number of benzene rings is 1. The molecule has 1 aromatic carbocycles. The van der Waals surface area contributed by atoms with Crippen LogP contribution in [0.1, 0.15) is 12.8 Å². The lowest BCUT2D eigenvalue weighted by Crippen LogP contribution is -3.16. The second-order valence-corrected chi connectivity index (χ2v) is 8.20. The van der Waals surface area contributed by atoms with Crippen LogP contribution in [0.5, 0.6) is 0 Å². The van der Waals surface area contributed by atoms with Crippen molar-refractivity contribution in [3.05, 3.63) is 30.3 Å². The molecule has 0 bridgehead atoms. The molecule has 3 rings (SSSR count). The van der Waals surface area contributed by atoms with E-state index in [0.717, 1.165) is 56.4 Å². The van der Waals surface area contributed by atoms with Crippen molar-refractivity contribution >= 4 is 35.0 Å². The zero-order chi connectivity index (χ0) is 17.5. The molecular weight excluding hydrogens is 352 g/mol. The van der Waals surface area contributed by atoms with Crippen molar-refractivity contribution in [2.24, 2.45) is 0 Å². The second-order valence-electron chi connectivity index (χ2n) is 6.65. The Morgan fingerprint density at radius 2 is 1.96 bits per heavy atom. The Morgan fingerprint density at radius 3 is 2.64 bits per heavy atom. The summed E-state index contributed by atoms with van der Waals surface area (Å²) >= 11 is 7.35. The lowest BCUT2D eigenvalue weighted by atomic mass is 10.3. The molecule has 3 N–H and O–H groups in total. The maximum atomic E-state index is 11.9. The van der Waals surface area contributed by atoms with Gasteiger partial charge in [-0.2, -0.15) is 0 Å². The molecule has 7 heteroatoms. The summed E-state index contributed by atoms with van der Waals surface area (Å²) in [6, 6.07) is 10.9. The van der Waals surface area contributed by atoms with Gasteiger partial charge >= 0.3 is 0 Å². The summed E-state index contributed by atoms with van der Waals surface area (Å²) in [5.41, 5.74) is 0. The molecule has 0 radical (unpaired) electrons. The molecule has 0 spiro atoms. The van der Waals surface area contributed by atoms with Crippen LogP contribution in [-0.2, 0) is 4.79 Å². The molecule has 25 heavy (non-hydrogen) atoms. The van der Waals surface area contributed by atoms with Gasteiger partial charge in [-0.3, -0.25) is 4.79 Å². The van der Waals surface area contributed by atoms with Gasteiger partial charge in [-0.05, 0) is 37.2 Å². The summed E-state index contributed by atoms with van der Waals surface area (Å²) in [4.78, 5) is 16.8. The highest BCUT2D eigenvalue weighted by molar-refractivity contribution is 7.99. The van der Waals surface area contributed by atoms with E-state index in [-0.39, 0.29) is 5.91 Å². The van der Waals surface area contributed by atoms with E-state index in [2.05, 4.69) is 39.8 Å². The number of rotatable bonds is 7. The number of carbonyl (C=O) groups is 1. The fourth-order valence-electron chi connectivity index (χ4n) is 2.89. The number of nitrogens with zero attached hydrogens (tertiary/aromatic N) is 1. The van der Waals surface area contributed by atoms with E-state index in [0.29, 0.717) is 12.6 Å². The minimum absolute atomic E-state index is 0.199. The number of nitrogens with one attached hydrogen (secondary N) is 3. The third-order valence-corrected chi connectivity index (χ3v) is 5.92. The van der Waals surface area contributed by atoms with Gasteiger partial charge in [0.2, 0.25) is 0 Å². The van der Waals surface area contributed by atoms with Crippen LogP contribution in [0.25, 0.3) is 0 Å². The minimum atomic E-state index is 0.199. The predicted octanol–water partition coefficient (Wildman–Crippen LogP) is 0.132. The van der Waals surface area contributed by atoms with Gasteiger partial charge in [0.1, 0.15) is 0 Å². The van der Waals surface area contributed by atoms with Crippen molar-refractivity contribution in [2.45, 2.75) is 23.8 Å². The van der Waals surface area contributed by atoms with Gasteiger partial charge in [0.15, 0.2) is 11.7 Å². The monoisotopic (exact) mass is 379 g/mol. The van der Waals surface area contributed by atoms with Crippen molar-refractivity contribution in [3.8, 4) is 0 Å². The molecule has 2 fully saturated rings. The highest BCUT2D eigenvalue weighted by Gasteiger charge is 2.27. The molecule has 1 saturated carbocycles. The van der Waals surface area contributed by atoms with Crippen LogP contribution in [-0.4, -0.2) is 67.0 Å². The average molecular weight is 380 g/mol. The maximum Gasteiger partial charge on any atom is 0.275 e. The summed E-state index contributed by atoms with van der Waals surface area (Å²) in [5.74, 6) is 1.20. The Morgan fingerprint density at radius 1 is 1.24 bits per heavy atom. The number of quaternary nitrogens is 1. The zero-order valence-corrected chi connectivity index (χ0v) is 16.1. The average Bonchev–Trinajstić information content (AvgIpc) is 3.44. The molecule has 1 aromatic rings. The van der Waals surface area contributed by atoms with Gasteiger partial charge in [0.05, 0.1) is 26.2 Å². The number of carbonyl (C=O) groups excluding carboxylic acids is 1. The molecule has 0 aromatic heterocycles. The number of piperazine rings is 1. The fraction of sp³-hybridized carbons (Fsp3) is 0.556. The number of hydrogen-bond acceptors (Lipinski definition) is 3. The van der Waals surface area contributed by atoms with Gasteiger partial charge in [0, 0.05) is 23.2 Å². The van der Waals surface area contributed by atoms with Crippen molar-refractivity contribution in [3.63, 3.8) is 0 Å². The fourth-order valence-corrected chi connectivity index (χ4v) is 3.97. The van der Waals surface area contributed by atoms with Crippen LogP contribution < -0.4 is 15.5 Å². The molecular formula is C18H27N4OS2+. The van der Waals surface area contributed by atoms with Gasteiger partial charge < -0.3 is 20.4 Å². The maximum absolute atomic E-state index is 11.9. The first kappa shape index (κ1) is 18.5. The lowest BCUT2D eigenvalue weighted by molar-refractivity contribution is -0.895. The molecule has 1 heterocycles. The summed E-state index contributed by atoms with van der Waals surface area (Å²) < 4.78 is 0. The Hall–Kier alpha value is -1.31. The number of thiocarbonyl (C=S) groups is 1. The van der Waals surface area contributed by atoms with Crippen LogP contribution in [0.3, 0.4) is 0 Å². The molecule has 136 valence electrons. The predicted molar refractivity (Wildman–Crippen MR) is 106 cm³/mol. The standard InChI is InChI=1S/C18H26N4OS2/c23-17(20-15-6-7-15)14-21-9-11-22(12-10-21)18(24)19-8-13-25-16-4-2-1-3-5-16/h1-5,15H,6-14H2,(H,19,24)(H,20,23)/p+1. The molecule has 0 unspecified atom stereocenters. The Kier molecular flexibility index (Phi) is 6.95. The van der Waals surface area contributed by atoms with Gasteiger partial charge in [-0.1, -0.05) is 18.2 Å². The summed E-state index contributed by atoms with van der Waals surface area (Å²) in [5, 5.41) is 7.27. The van der Waals surface area contributed by atoms with E-state index >= 15 is 0 Å². The Balaban J connectivity index is 1.28. The zero-order valence-electron chi connectivity index (χ0n) is 14.5. The quantitative estimate of drug-likeness (QED) is 0.357. The molecule has 1 saturated heterocycles. The van der Waals surface area contributed by atoms with Gasteiger partial charge in [-0.25, -0.2) is 0 Å². The Bertz CT molecular complexity index is 572. The molecule has 0 atom stereocenters. The third kappa shape index (κ3) is 6.49. The first-order chi connectivity index (χ1) is 12.2. The number of hydrogen-bond donors (Lipinski definition) is 3. The topological polar surface area (TPSA) is 48.8 Å². The SMILES string of the molecule is O=C(C[NH+]1CCN(C(=S)NCCSc2ccccc2)CC1)NC1CC1. The highest BCUT2D eigenvalue weighted by atomic mass is 32.2. The summed E-state index contributed by atoms with van der Waals surface area (Å²) in [6.07, 6.45) is 2.30. The van der Waals surface area contributed by atoms with Crippen LogP contribution in [0.2, 0.25) is 0 Å².